The molecule has 0 aliphatic heterocycles. The topological polar surface area (TPSA) is 61.4 Å². The second kappa shape index (κ2) is 6.56. The third-order valence-electron chi connectivity index (χ3n) is 2.49. The minimum absolute atomic E-state index is 0.343. The lowest BCUT2D eigenvalue weighted by atomic mass is 10.0. The van der Waals surface area contributed by atoms with Gasteiger partial charge in [0.2, 0.25) is 0 Å². The molecule has 4 nitrogen and oxygen atoms in total. The number of nitrogens with one attached hydrogen (secondary N) is 2. The van der Waals surface area contributed by atoms with Crippen LogP contribution in [0.1, 0.15) is 18.6 Å². The van der Waals surface area contributed by atoms with Gasteiger partial charge in [-0.05, 0) is 24.6 Å². The standard InChI is InChI=1S/C12H14F4N2O2/c1-7(18-11(20)17-6-12(14,15)16)10(19)8-2-4-9(13)5-3-8/h2-5,7,10,19H,6H2,1H3,(H2,17,18,20). The number of urea groups is 1. The highest BCUT2D eigenvalue weighted by Gasteiger charge is 2.28. The molecule has 1 rings (SSSR count). The van der Waals surface area contributed by atoms with Crippen LogP contribution in [-0.4, -0.2) is 29.9 Å². The summed E-state index contributed by atoms with van der Waals surface area (Å²) in [5.41, 5.74) is 0.343. The van der Waals surface area contributed by atoms with Crippen LogP contribution in [0.25, 0.3) is 0 Å². The molecule has 2 unspecified atom stereocenters. The fourth-order valence-corrected chi connectivity index (χ4v) is 1.47. The summed E-state index contributed by atoms with van der Waals surface area (Å²) in [6.07, 6.45) is -5.66. The Bertz CT molecular complexity index is 448. The van der Waals surface area contributed by atoms with Crippen molar-refractivity contribution in [2.24, 2.45) is 0 Å². The molecule has 2 atom stereocenters. The van der Waals surface area contributed by atoms with Crippen LogP contribution in [0.15, 0.2) is 24.3 Å². The van der Waals surface area contributed by atoms with E-state index in [1.165, 1.54) is 19.1 Å². The van der Waals surface area contributed by atoms with E-state index in [1.54, 1.807) is 5.32 Å². The summed E-state index contributed by atoms with van der Waals surface area (Å²) in [4.78, 5) is 11.2. The second-order valence-corrected chi connectivity index (χ2v) is 4.23. The molecule has 0 aliphatic carbocycles. The van der Waals surface area contributed by atoms with Crippen LogP contribution < -0.4 is 10.6 Å². The predicted molar refractivity (Wildman–Crippen MR) is 63.4 cm³/mol. The Morgan fingerprint density at radius 1 is 1.30 bits per heavy atom. The molecule has 0 saturated heterocycles. The molecule has 20 heavy (non-hydrogen) atoms. The molecular formula is C12H14F4N2O2. The maximum absolute atomic E-state index is 12.7. The van der Waals surface area contributed by atoms with Crippen molar-refractivity contribution in [3.63, 3.8) is 0 Å². The second-order valence-electron chi connectivity index (χ2n) is 4.23. The number of amides is 2. The summed E-state index contributed by atoms with van der Waals surface area (Å²) in [7, 11) is 0. The number of halogens is 4. The Morgan fingerprint density at radius 2 is 1.85 bits per heavy atom. The van der Waals surface area contributed by atoms with Gasteiger partial charge in [-0.1, -0.05) is 12.1 Å². The number of carbonyl (C=O) groups is 1. The highest BCUT2D eigenvalue weighted by Crippen LogP contribution is 2.17. The molecule has 0 saturated carbocycles. The zero-order valence-corrected chi connectivity index (χ0v) is 10.5. The van der Waals surface area contributed by atoms with Crippen molar-refractivity contribution >= 4 is 6.03 Å². The molecule has 0 aromatic heterocycles. The number of hydrogen-bond donors (Lipinski definition) is 3. The van der Waals surface area contributed by atoms with E-state index in [4.69, 9.17) is 0 Å². The molecule has 0 aliphatic rings. The van der Waals surface area contributed by atoms with Gasteiger partial charge in [0.1, 0.15) is 12.4 Å². The number of aliphatic hydroxyl groups is 1. The number of alkyl halides is 3. The Morgan fingerprint density at radius 3 is 2.35 bits per heavy atom. The Kier molecular flexibility index (Phi) is 5.32. The first-order chi connectivity index (χ1) is 9.19. The summed E-state index contributed by atoms with van der Waals surface area (Å²) >= 11 is 0. The summed E-state index contributed by atoms with van der Waals surface area (Å²) in [6, 6.07) is 3.03. The Hall–Kier alpha value is -1.83. The zero-order chi connectivity index (χ0) is 15.3. The summed E-state index contributed by atoms with van der Waals surface area (Å²) in [6.45, 7) is -0.0423. The highest BCUT2D eigenvalue weighted by atomic mass is 19.4. The van der Waals surface area contributed by atoms with Crippen LogP contribution in [0.2, 0.25) is 0 Å². The SMILES string of the molecule is CC(NC(=O)NCC(F)(F)F)C(O)c1ccc(F)cc1. The minimum Gasteiger partial charge on any atom is -0.386 e. The third kappa shape index (κ3) is 5.43. The lowest BCUT2D eigenvalue weighted by Gasteiger charge is -2.21. The molecule has 1 aromatic carbocycles. The first-order valence-electron chi connectivity index (χ1n) is 5.73. The van der Waals surface area contributed by atoms with E-state index in [2.05, 4.69) is 5.32 Å². The molecule has 1 aromatic rings. The van der Waals surface area contributed by atoms with Gasteiger partial charge >= 0.3 is 12.2 Å². The molecule has 0 fully saturated rings. The lowest BCUT2D eigenvalue weighted by molar-refractivity contribution is -0.122. The average molecular weight is 294 g/mol. The van der Waals surface area contributed by atoms with Crippen LogP contribution in [0, 0.1) is 5.82 Å². The molecule has 0 heterocycles. The quantitative estimate of drug-likeness (QED) is 0.745. The number of rotatable bonds is 4. The van der Waals surface area contributed by atoms with Crippen LogP contribution in [-0.2, 0) is 0 Å². The number of carbonyl (C=O) groups excluding carboxylic acids is 1. The lowest BCUT2D eigenvalue weighted by Crippen LogP contribution is -2.46. The van der Waals surface area contributed by atoms with Crippen LogP contribution in [0.5, 0.6) is 0 Å². The van der Waals surface area contributed by atoms with Gasteiger partial charge in [0, 0.05) is 0 Å². The van der Waals surface area contributed by atoms with Gasteiger partial charge in [-0.25, -0.2) is 9.18 Å². The first kappa shape index (κ1) is 16.2. The molecule has 0 radical (unpaired) electrons. The maximum Gasteiger partial charge on any atom is 0.405 e. The monoisotopic (exact) mass is 294 g/mol. The highest BCUT2D eigenvalue weighted by molar-refractivity contribution is 5.74. The minimum atomic E-state index is -4.50. The average Bonchev–Trinajstić information content (AvgIpc) is 2.35. The van der Waals surface area contributed by atoms with Crippen molar-refractivity contribution < 1.29 is 27.5 Å². The van der Waals surface area contributed by atoms with Crippen LogP contribution in [0.3, 0.4) is 0 Å². The molecule has 2 amide bonds. The van der Waals surface area contributed by atoms with E-state index in [0.29, 0.717) is 5.56 Å². The maximum atomic E-state index is 12.7. The van der Waals surface area contributed by atoms with E-state index in [1.807, 2.05) is 0 Å². The number of hydrogen-bond acceptors (Lipinski definition) is 2. The Balaban J connectivity index is 2.51. The van der Waals surface area contributed by atoms with Crippen LogP contribution >= 0.6 is 0 Å². The van der Waals surface area contributed by atoms with E-state index in [9.17, 15) is 27.5 Å². The summed E-state index contributed by atoms with van der Waals surface area (Å²) in [5.74, 6) is -0.482. The molecule has 112 valence electrons. The smallest absolute Gasteiger partial charge is 0.386 e. The summed E-state index contributed by atoms with van der Waals surface area (Å²) < 4.78 is 48.4. The third-order valence-corrected chi connectivity index (χ3v) is 2.49. The fourth-order valence-electron chi connectivity index (χ4n) is 1.47. The summed E-state index contributed by atoms with van der Waals surface area (Å²) in [5, 5.41) is 13.7. The molecule has 3 N–H and O–H groups in total. The largest absolute Gasteiger partial charge is 0.405 e. The van der Waals surface area contributed by atoms with Crippen molar-refractivity contribution in [3.8, 4) is 0 Å². The predicted octanol–water partition coefficient (Wildman–Crippen LogP) is 2.11. The molecular weight excluding hydrogens is 280 g/mol. The first-order valence-corrected chi connectivity index (χ1v) is 5.73. The molecule has 8 heteroatoms. The fraction of sp³-hybridized carbons (Fsp3) is 0.417. The molecule has 0 spiro atoms. The van der Waals surface area contributed by atoms with Gasteiger partial charge in [-0.15, -0.1) is 0 Å². The van der Waals surface area contributed by atoms with Crippen LogP contribution in [0.4, 0.5) is 22.4 Å². The van der Waals surface area contributed by atoms with Gasteiger partial charge in [0.25, 0.3) is 0 Å². The van der Waals surface area contributed by atoms with Gasteiger partial charge in [0.05, 0.1) is 12.1 Å². The van der Waals surface area contributed by atoms with Crippen molar-refractivity contribution in [2.75, 3.05) is 6.54 Å². The normalized spacial score (nSPS) is 14.5. The van der Waals surface area contributed by atoms with Crippen molar-refractivity contribution in [3.05, 3.63) is 35.6 Å². The van der Waals surface area contributed by atoms with Gasteiger partial charge in [-0.3, -0.25) is 0 Å². The van der Waals surface area contributed by atoms with E-state index < -0.39 is 36.7 Å². The van der Waals surface area contributed by atoms with Crippen molar-refractivity contribution in [1.29, 1.82) is 0 Å². The zero-order valence-electron chi connectivity index (χ0n) is 10.5. The van der Waals surface area contributed by atoms with Crippen molar-refractivity contribution in [1.82, 2.24) is 10.6 Å². The number of aliphatic hydroxyl groups excluding tert-OH is 1. The molecule has 0 bridgehead atoms. The van der Waals surface area contributed by atoms with Gasteiger partial charge < -0.3 is 15.7 Å². The van der Waals surface area contributed by atoms with E-state index in [0.717, 1.165) is 12.1 Å². The van der Waals surface area contributed by atoms with Crippen molar-refractivity contribution in [2.45, 2.75) is 25.2 Å². The Labute approximate surface area is 112 Å². The van der Waals surface area contributed by atoms with Gasteiger partial charge in [-0.2, -0.15) is 13.2 Å². The number of benzene rings is 1. The van der Waals surface area contributed by atoms with Gasteiger partial charge in [0.15, 0.2) is 0 Å². The van der Waals surface area contributed by atoms with E-state index in [-0.39, 0.29) is 0 Å². The van der Waals surface area contributed by atoms with E-state index >= 15 is 0 Å².